The number of aryl methyl sites for hydroxylation is 2. The minimum Gasteiger partial charge on any atom is -0.495 e. The van der Waals surface area contributed by atoms with E-state index in [9.17, 15) is 9.90 Å². The molecule has 35 heavy (non-hydrogen) atoms. The van der Waals surface area contributed by atoms with Gasteiger partial charge in [0.05, 0.1) is 29.9 Å². The highest BCUT2D eigenvalue weighted by Crippen LogP contribution is 2.40. The second-order valence-corrected chi connectivity index (χ2v) is 8.52. The minimum absolute atomic E-state index is 0.00261. The Morgan fingerprint density at radius 3 is 2.51 bits per heavy atom. The molecule has 0 saturated carbocycles. The molecule has 2 aromatic carbocycles. The SMILES string of the molecule is COc1c(C(=O)O)cccc1-c1cn(C(C)c2ccccc2)c2cc(-c3c(C)noc3C)cnc12. The molecule has 1 atom stereocenters. The first kappa shape index (κ1) is 22.4. The number of para-hydroxylation sites is 1. The van der Waals surface area contributed by atoms with Gasteiger partial charge in [-0.3, -0.25) is 4.98 Å². The van der Waals surface area contributed by atoms with Crippen molar-refractivity contribution in [3.8, 4) is 28.0 Å². The maximum atomic E-state index is 11.9. The van der Waals surface area contributed by atoms with E-state index >= 15 is 0 Å². The van der Waals surface area contributed by atoms with Crippen molar-refractivity contribution in [2.75, 3.05) is 7.11 Å². The summed E-state index contributed by atoms with van der Waals surface area (Å²) in [4.78, 5) is 16.7. The molecular formula is C28H25N3O4. The standard InChI is InChI=1S/C28H25N3O4/c1-16-25(18(3)35-30-16)20-13-24-26(29-14-20)23(15-31(24)17(2)19-9-6-5-7-10-19)21-11-8-12-22(28(32)33)27(21)34-4/h5-15,17H,1-4H3,(H,32,33). The molecule has 1 unspecified atom stereocenters. The Bertz CT molecular complexity index is 1530. The van der Waals surface area contributed by atoms with Gasteiger partial charge in [0.25, 0.3) is 0 Å². The molecule has 3 heterocycles. The molecule has 0 aliphatic heterocycles. The largest absolute Gasteiger partial charge is 0.495 e. The molecule has 0 saturated heterocycles. The number of hydrogen-bond acceptors (Lipinski definition) is 5. The number of carboxylic acids is 1. The Morgan fingerprint density at radius 1 is 1.09 bits per heavy atom. The third-order valence-corrected chi connectivity index (χ3v) is 6.43. The van der Waals surface area contributed by atoms with E-state index in [-0.39, 0.29) is 11.6 Å². The highest BCUT2D eigenvalue weighted by molar-refractivity contribution is 6.00. The third kappa shape index (κ3) is 3.75. The maximum Gasteiger partial charge on any atom is 0.339 e. The van der Waals surface area contributed by atoms with Crippen molar-refractivity contribution in [3.05, 3.63) is 89.6 Å². The zero-order valence-corrected chi connectivity index (χ0v) is 19.9. The summed E-state index contributed by atoms with van der Waals surface area (Å²) in [6, 6.07) is 17.4. The summed E-state index contributed by atoms with van der Waals surface area (Å²) in [5.41, 5.74) is 7.02. The van der Waals surface area contributed by atoms with Gasteiger partial charge in [-0.2, -0.15) is 0 Å². The van der Waals surface area contributed by atoms with Crippen molar-refractivity contribution in [2.24, 2.45) is 0 Å². The lowest BCUT2D eigenvalue weighted by Crippen LogP contribution is -2.05. The highest BCUT2D eigenvalue weighted by atomic mass is 16.5. The van der Waals surface area contributed by atoms with Gasteiger partial charge in [-0.15, -0.1) is 0 Å². The van der Waals surface area contributed by atoms with Crippen molar-refractivity contribution in [1.82, 2.24) is 14.7 Å². The summed E-state index contributed by atoms with van der Waals surface area (Å²) in [6.07, 6.45) is 3.83. The Morgan fingerprint density at radius 2 is 1.86 bits per heavy atom. The molecule has 0 spiro atoms. The lowest BCUT2D eigenvalue weighted by atomic mass is 10.0. The number of rotatable bonds is 6. The van der Waals surface area contributed by atoms with Gasteiger partial charge >= 0.3 is 5.97 Å². The summed E-state index contributed by atoms with van der Waals surface area (Å²) in [5.74, 6) is -0.00400. The number of benzene rings is 2. The zero-order valence-electron chi connectivity index (χ0n) is 19.9. The molecule has 5 rings (SSSR count). The maximum absolute atomic E-state index is 11.9. The lowest BCUT2D eigenvalue weighted by molar-refractivity contribution is 0.0693. The van der Waals surface area contributed by atoms with Gasteiger partial charge in [-0.1, -0.05) is 47.6 Å². The number of methoxy groups -OCH3 is 1. The topological polar surface area (TPSA) is 90.4 Å². The van der Waals surface area contributed by atoms with E-state index in [1.54, 1.807) is 12.1 Å². The van der Waals surface area contributed by atoms with Crippen LogP contribution in [0.1, 0.15) is 40.3 Å². The number of pyridine rings is 1. The van der Waals surface area contributed by atoms with E-state index in [1.807, 2.05) is 50.5 Å². The van der Waals surface area contributed by atoms with Crippen LogP contribution < -0.4 is 4.74 Å². The number of hydrogen-bond donors (Lipinski definition) is 1. The van der Waals surface area contributed by atoms with Gasteiger partial charge in [-0.05, 0) is 38.5 Å². The monoisotopic (exact) mass is 467 g/mol. The van der Waals surface area contributed by atoms with Crippen LogP contribution in [-0.4, -0.2) is 32.9 Å². The van der Waals surface area contributed by atoms with Crippen molar-refractivity contribution in [2.45, 2.75) is 26.8 Å². The molecule has 5 aromatic rings. The molecule has 0 amide bonds. The third-order valence-electron chi connectivity index (χ3n) is 6.43. The number of ether oxygens (including phenoxy) is 1. The fourth-order valence-corrected chi connectivity index (χ4v) is 4.71. The van der Waals surface area contributed by atoms with E-state index < -0.39 is 5.97 Å². The van der Waals surface area contributed by atoms with Crippen molar-refractivity contribution in [3.63, 3.8) is 0 Å². The number of aromatic carboxylic acids is 1. The normalized spacial score (nSPS) is 12.1. The summed E-state index contributed by atoms with van der Waals surface area (Å²) < 4.78 is 13.1. The van der Waals surface area contributed by atoms with Gasteiger partial charge in [0.1, 0.15) is 17.1 Å². The van der Waals surface area contributed by atoms with Crippen LogP contribution in [0.15, 0.2) is 71.5 Å². The van der Waals surface area contributed by atoms with Crippen LogP contribution in [0.4, 0.5) is 0 Å². The summed E-state index contributed by atoms with van der Waals surface area (Å²) >= 11 is 0. The molecule has 7 nitrogen and oxygen atoms in total. The molecule has 7 heteroatoms. The first-order valence-corrected chi connectivity index (χ1v) is 11.3. The van der Waals surface area contributed by atoms with Crippen LogP contribution in [0.25, 0.3) is 33.3 Å². The van der Waals surface area contributed by atoms with Crippen LogP contribution in [0.2, 0.25) is 0 Å². The molecule has 1 N–H and O–H groups in total. The fraction of sp³-hybridized carbons (Fsp3) is 0.179. The molecule has 3 aromatic heterocycles. The number of carbonyl (C=O) groups is 1. The lowest BCUT2D eigenvalue weighted by Gasteiger charge is -2.16. The van der Waals surface area contributed by atoms with Crippen LogP contribution in [-0.2, 0) is 0 Å². The highest BCUT2D eigenvalue weighted by Gasteiger charge is 2.23. The van der Waals surface area contributed by atoms with Gasteiger partial charge in [0.2, 0.25) is 0 Å². The molecule has 176 valence electrons. The van der Waals surface area contributed by atoms with E-state index in [0.717, 1.165) is 44.7 Å². The zero-order chi connectivity index (χ0) is 24.7. The van der Waals surface area contributed by atoms with Crippen molar-refractivity contribution >= 4 is 17.0 Å². The van der Waals surface area contributed by atoms with Gasteiger partial charge in [0, 0.05) is 34.6 Å². The Balaban J connectivity index is 1.80. The van der Waals surface area contributed by atoms with Crippen LogP contribution in [0.5, 0.6) is 5.75 Å². The first-order chi connectivity index (χ1) is 16.9. The predicted octanol–water partition coefficient (Wildman–Crippen LogP) is 6.29. The number of aromatic nitrogens is 3. The average molecular weight is 468 g/mol. The smallest absolute Gasteiger partial charge is 0.339 e. The quantitative estimate of drug-likeness (QED) is 0.316. The van der Waals surface area contributed by atoms with Crippen molar-refractivity contribution < 1.29 is 19.2 Å². The average Bonchev–Trinajstić information content (AvgIpc) is 3.42. The number of carboxylic acid groups (broad SMARTS) is 1. The summed E-state index contributed by atoms with van der Waals surface area (Å²) in [7, 11) is 1.49. The first-order valence-electron chi connectivity index (χ1n) is 11.3. The van der Waals surface area contributed by atoms with Crippen LogP contribution >= 0.6 is 0 Å². The molecule has 0 radical (unpaired) electrons. The van der Waals surface area contributed by atoms with Gasteiger partial charge in [-0.25, -0.2) is 4.79 Å². The van der Waals surface area contributed by atoms with E-state index in [2.05, 4.69) is 34.8 Å². The van der Waals surface area contributed by atoms with Crippen LogP contribution in [0, 0.1) is 13.8 Å². The summed E-state index contributed by atoms with van der Waals surface area (Å²) in [5, 5.41) is 13.8. The van der Waals surface area contributed by atoms with Gasteiger partial charge in [0.15, 0.2) is 0 Å². The molecule has 0 fully saturated rings. The molecule has 0 bridgehead atoms. The minimum atomic E-state index is -1.04. The number of fused-ring (bicyclic) bond motifs is 1. The van der Waals surface area contributed by atoms with E-state index in [0.29, 0.717) is 11.3 Å². The second-order valence-electron chi connectivity index (χ2n) is 8.52. The van der Waals surface area contributed by atoms with E-state index in [1.165, 1.54) is 7.11 Å². The molecule has 0 aliphatic rings. The van der Waals surface area contributed by atoms with E-state index in [4.69, 9.17) is 14.2 Å². The Labute approximate surface area is 202 Å². The second kappa shape index (κ2) is 8.76. The fourth-order valence-electron chi connectivity index (χ4n) is 4.71. The molecular weight excluding hydrogens is 442 g/mol. The van der Waals surface area contributed by atoms with Crippen molar-refractivity contribution in [1.29, 1.82) is 0 Å². The summed E-state index contributed by atoms with van der Waals surface area (Å²) in [6.45, 7) is 5.93. The predicted molar refractivity (Wildman–Crippen MR) is 134 cm³/mol. The Hall–Kier alpha value is -4.39. The Kier molecular flexibility index (Phi) is 5.61. The molecule has 0 aliphatic carbocycles. The van der Waals surface area contributed by atoms with Crippen LogP contribution in [0.3, 0.4) is 0 Å². The number of nitrogens with zero attached hydrogens (tertiary/aromatic N) is 3. The van der Waals surface area contributed by atoms with Gasteiger partial charge < -0.3 is 18.9 Å².